The zero-order valence-corrected chi connectivity index (χ0v) is 18.4. The molecule has 3 aromatic rings. The molecular formula is C20H24O6S3. The van der Waals surface area contributed by atoms with E-state index in [1.165, 1.54) is 11.3 Å². The Bertz CT molecular complexity index is 694. The first-order chi connectivity index (χ1) is 14.4. The van der Waals surface area contributed by atoms with Crippen molar-refractivity contribution in [2.75, 3.05) is 52.9 Å². The molecule has 3 aromatic heterocycles. The minimum absolute atomic E-state index is 0.460. The van der Waals surface area contributed by atoms with Gasteiger partial charge in [-0.3, -0.25) is 0 Å². The molecule has 0 unspecified atom stereocenters. The van der Waals surface area contributed by atoms with Gasteiger partial charge in [0.25, 0.3) is 0 Å². The lowest BCUT2D eigenvalue weighted by atomic mass is 10.5. The zero-order valence-electron chi connectivity index (χ0n) is 15.9. The van der Waals surface area contributed by atoms with Crippen molar-refractivity contribution in [1.82, 2.24) is 0 Å². The van der Waals surface area contributed by atoms with Gasteiger partial charge in [0.15, 0.2) is 11.5 Å². The van der Waals surface area contributed by atoms with Gasteiger partial charge in [-0.2, -0.15) is 0 Å². The number of ether oxygens (including phenoxy) is 6. The van der Waals surface area contributed by atoms with Crippen LogP contribution in [0.25, 0.3) is 0 Å². The van der Waals surface area contributed by atoms with Crippen molar-refractivity contribution in [3.05, 3.63) is 44.4 Å². The van der Waals surface area contributed by atoms with E-state index in [9.17, 15) is 0 Å². The fourth-order valence-electron chi connectivity index (χ4n) is 2.21. The molecule has 6 nitrogen and oxygen atoms in total. The summed E-state index contributed by atoms with van der Waals surface area (Å²) in [5.74, 6) is 3.23. The molecule has 0 aromatic carbocycles. The third-order valence-electron chi connectivity index (χ3n) is 3.55. The highest BCUT2D eigenvalue weighted by molar-refractivity contribution is 7.08. The molecule has 0 atom stereocenters. The molecule has 3 rings (SSSR count). The Morgan fingerprint density at radius 3 is 1.34 bits per heavy atom. The Morgan fingerprint density at radius 1 is 0.483 bits per heavy atom. The van der Waals surface area contributed by atoms with Gasteiger partial charge in [0.1, 0.15) is 37.9 Å². The summed E-state index contributed by atoms with van der Waals surface area (Å²) in [4.78, 5) is 0. The van der Waals surface area contributed by atoms with Crippen molar-refractivity contribution in [2.24, 2.45) is 0 Å². The van der Waals surface area contributed by atoms with Gasteiger partial charge in [-0.15, -0.1) is 34.0 Å². The van der Waals surface area contributed by atoms with Crippen LogP contribution in [0.2, 0.25) is 0 Å². The second-order valence-electron chi connectivity index (χ2n) is 5.64. The molecule has 0 aliphatic rings. The van der Waals surface area contributed by atoms with Crippen LogP contribution in [-0.2, 0) is 9.47 Å². The Kier molecular flexibility index (Phi) is 10.2. The molecule has 0 N–H and O–H groups in total. The lowest BCUT2D eigenvalue weighted by molar-refractivity contribution is 0.0703. The lowest BCUT2D eigenvalue weighted by Gasteiger charge is -2.10. The fourth-order valence-corrected chi connectivity index (χ4v) is 4.04. The third kappa shape index (κ3) is 8.63. The van der Waals surface area contributed by atoms with Crippen LogP contribution in [0.15, 0.2) is 44.4 Å². The van der Waals surface area contributed by atoms with Gasteiger partial charge < -0.3 is 28.4 Å². The quantitative estimate of drug-likeness (QED) is 0.288. The predicted molar refractivity (Wildman–Crippen MR) is 117 cm³/mol. The molecule has 0 fully saturated rings. The summed E-state index contributed by atoms with van der Waals surface area (Å²) in [7, 11) is 0. The summed E-state index contributed by atoms with van der Waals surface area (Å²) in [5, 5.41) is 11.7. The van der Waals surface area contributed by atoms with Crippen LogP contribution in [0.4, 0.5) is 0 Å². The molecule has 0 radical (unpaired) electrons. The van der Waals surface area contributed by atoms with Gasteiger partial charge in [0.2, 0.25) is 0 Å². The molecular weight excluding hydrogens is 432 g/mol. The SMILES string of the molecule is c1cc(OCCOCCOc2cscc2OCCOCCOc2ccsc2)cs1. The molecule has 0 saturated heterocycles. The Morgan fingerprint density at radius 2 is 0.931 bits per heavy atom. The summed E-state index contributed by atoms with van der Waals surface area (Å²) in [6, 6.07) is 3.88. The fraction of sp³-hybridized carbons (Fsp3) is 0.400. The van der Waals surface area contributed by atoms with Gasteiger partial charge in [-0.25, -0.2) is 0 Å². The molecule has 158 valence electrons. The molecule has 0 saturated carbocycles. The number of rotatable bonds is 16. The molecule has 0 bridgehead atoms. The molecule has 0 aliphatic heterocycles. The second-order valence-corrected chi connectivity index (χ2v) is 7.94. The maximum atomic E-state index is 5.73. The first kappa shape index (κ1) is 21.9. The van der Waals surface area contributed by atoms with Gasteiger partial charge in [0.05, 0.1) is 26.4 Å². The number of hydrogen-bond acceptors (Lipinski definition) is 9. The van der Waals surface area contributed by atoms with Crippen LogP contribution < -0.4 is 18.9 Å². The van der Waals surface area contributed by atoms with Crippen LogP contribution >= 0.6 is 34.0 Å². The number of hydrogen-bond donors (Lipinski definition) is 0. The maximum absolute atomic E-state index is 5.73. The minimum Gasteiger partial charge on any atom is -0.490 e. The van der Waals surface area contributed by atoms with Crippen LogP contribution in [0, 0.1) is 0 Å². The van der Waals surface area contributed by atoms with Crippen LogP contribution in [-0.4, -0.2) is 52.9 Å². The Labute approximate surface area is 182 Å². The monoisotopic (exact) mass is 456 g/mol. The van der Waals surface area contributed by atoms with E-state index >= 15 is 0 Å². The first-order valence-electron chi connectivity index (χ1n) is 9.19. The second kappa shape index (κ2) is 13.4. The normalized spacial score (nSPS) is 10.8. The van der Waals surface area contributed by atoms with Crippen molar-refractivity contribution in [1.29, 1.82) is 0 Å². The van der Waals surface area contributed by atoms with E-state index in [0.29, 0.717) is 52.9 Å². The number of thiophene rings is 3. The standard InChI is InChI=1S/C20H24O6S3/c1-11-27-13-17(1)23-7-3-21-5-9-25-19-15-29-16-20(19)26-10-6-22-4-8-24-18-2-12-28-14-18/h1-2,11-16H,3-10H2. The molecule has 0 amide bonds. The molecule has 29 heavy (non-hydrogen) atoms. The van der Waals surface area contributed by atoms with Crippen molar-refractivity contribution in [3.63, 3.8) is 0 Å². The highest BCUT2D eigenvalue weighted by Gasteiger charge is 2.06. The van der Waals surface area contributed by atoms with Gasteiger partial charge in [0, 0.05) is 21.5 Å². The molecule has 9 heteroatoms. The van der Waals surface area contributed by atoms with Crippen LogP contribution in [0.1, 0.15) is 0 Å². The van der Waals surface area contributed by atoms with Crippen LogP contribution in [0.5, 0.6) is 23.0 Å². The van der Waals surface area contributed by atoms with E-state index < -0.39 is 0 Å². The summed E-state index contributed by atoms with van der Waals surface area (Å²) >= 11 is 4.76. The van der Waals surface area contributed by atoms with E-state index in [1.54, 1.807) is 22.7 Å². The van der Waals surface area contributed by atoms with Crippen LogP contribution in [0.3, 0.4) is 0 Å². The van der Waals surface area contributed by atoms with Gasteiger partial charge in [-0.05, 0) is 22.9 Å². The predicted octanol–water partition coefficient (Wildman–Crippen LogP) is 4.82. The van der Waals surface area contributed by atoms with E-state index in [-0.39, 0.29) is 0 Å². The largest absolute Gasteiger partial charge is 0.490 e. The van der Waals surface area contributed by atoms with Crippen molar-refractivity contribution < 1.29 is 28.4 Å². The van der Waals surface area contributed by atoms with Crippen molar-refractivity contribution >= 4 is 34.0 Å². The maximum Gasteiger partial charge on any atom is 0.171 e. The first-order valence-corrected chi connectivity index (χ1v) is 12.0. The average molecular weight is 457 g/mol. The summed E-state index contributed by atoms with van der Waals surface area (Å²) in [6.45, 7) is 4.03. The van der Waals surface area contributed by atoms with E-state index in [1.807, 2.05) is 44.4 Å². The highest BCUT2D eigenvalue weighted by Crippen LogP contribution is 2.31. The Balaban J connectivity index is 1.17. The topological polar surface area (TPSA) is 55.4 Å². The molecule has 0 spiro atoms. The van der Waals surface area contributed by atoms with Gasteiger partial charge in [-0.1, -0.05) is 0 Å². The minimum atomic E-state index is 0.460. The van der Waals surface area contributed by atoms with E-state index in [2.05, 4.69) is 0 Å². The summed E-state index contributed by atoms with van der Waals surface area (Å²) < 4.78 is 33.5. The Hall–Kier alpha value is -1.78. The summed E-state index contributed by atoms with van der Waals surface area (Å²) in [6.07, 6.45) is 0. The highest BCUT2D eigenvalue weighted by atomic mass is 32.1. The average Bonchev–Trinajstić information content (AvgIpc) is 3.50. The van der Waals surface area contributed by atoms with E-state index in [4.69, 9.17) is 28.4 Å². The zero-order chi connectivity index (χ0) is 20.0. The van der Waals surface area contributed by atoms with Gasteiger partial charge >= 0.3 is 0 Å². The molecule has 3 heterocycles. The lowest BCUT2D eigenvalue weighted by Crippen LogP contribution is -2.13. The van der Waals surface area contributed by atoms with Crippen molar-refractivity contribution in [2.45, 2.75) is 0 Å². The smallest absolute Gasteiger partial charge is 0.171 e. The van der Waals surface area contributed by atoms with Crippen molar-refractivity contribution in [3.8, 4) is 23.0 Å². The summed E-state index contributed by atoms with van der Waals surface area (Å²) in [5.41, 5.74) is 0. The molecule has 0 aliphatic carbocycles. The third-order valence-corrected chi connectivity index (χ3v) is 5.57. The van der Waals surface area contributed by atoms with E-state index in [0.717, 1.165) is 23.0 Å².